The number of hydrazine groups is 1. The number of phenols is 1. The van der Waals surface area contributed by atoms with Crippen LogP contribution in [-0.2, 0) is 33.8 Å². The van der Waals surface area contributed by atoms with Gasteiger partial charge in [-0.1, -0.05) is 54.1 Å². The molecule has 2 aliphatic heterocycles. The van der Waals surface area contributed by atoms with Gasteiger partial charge in [-0.15, -0.1) is 17.9 Å². The van der Waals surface area contributed by atoms with Gasteiger partial charge in [0.05, 0.1) is 28.8 Å². The fourth-order valence-corrected chi connectivity index (χ4v) is 6.93. The first-order chi connectivity index (χ1) is 21.7. The summed E-state index contributed by atoms with van der Waals surface area (Å²) in [5.74, 6) is -0.979. The summed E-state index contributed by atoms with van der Waals surface area (Å²) in [5.41, 5.74) is 5.67. The van der Waals surface area contributed by atoms with Gasteiger partial charge in [-0.3, -0.25) is 14.4 Å². The van der Waals surface area contributed by atoms with Crippen LogP contribution in [0.5, 0.6) is 5.75 Å². The van der Waals surface area contributed by atoms with Crippen LogP contribution < -0.4 is 0 Å². The quantitative estimate of drug-likeness (QED) is 0.276. The Bertz CT molecular complexity index is 1740. The van der Waals surface area contributed by atoms with Crippen molar-refractivity contribution in [3.8, 4) is 5.75 Å². The Balaban J connectivity index is 1.36. The Labute approximate surface area is 264 Å². The Morgan fingerprint density at radius 2 is 1.82 bits per heavy atom. The average Bonchev–Trinajstić information content (AvgIpc) is 3.53. The third-order valence-electron chi connectivity index (χ3n) is 8.42. The largest absolute Gasteiger partial charge is 0.508 e. The smallest absolute Gasteiger partial charge is 0.246 e. The second kappa shape index (κ2) is 12.8. The summed E-state index contributed by atoms with van der Waals surface area (Å²) in [6, 6.07) is 16.7. The molecule has 0 spiro atoms. The van der Waals surface area contributed by atoms with E-state index >= 15 is 0 Å². The molecule has 0 aliphatic carbocycles. The van der Waals surface area contributed by atoms with E-state index in [-0.39, 0.29) is 68.3 Å². The Hall–Kier alpha value is -4.61. The van der Waals surface area contributed by atoms with Gasteiger partial charge in [0, 0.05) is 25.9 Å². The van der Waals surface area contributed by atoms with E-state index in [9.17, 15) is 23.9 Å². The fraction of sp³-hybridized carbons (Fsp3) is 0.294. The SMILES string of the molecule is C=CCN1CC(=O)N2[C@@H](Cc3ccc(O)cc3)C(=O)N(Cc3ccc(F)c4scnc34)C[C@@H]2N1C(=O)CCc1ccc(C)cc1. The summed E-state index contributed by atoms with van der Waals surface area (Å²) in [6.45, 7) is 6.27. The summed E-state index contributed by atoms with van der Waals surface area (Å²) >= 11 is 1.20. The molecule has 3 heterocycles. The molecule has 232 valence electrons. The molecule has 3 amide bonds. The summed E-state index contributed by atoms with van der Waals surface area (Å²) < 4.78 is 14.9. The highest BCUT2D eigenvalue weighted by atomic mass is 32.1. The second-order valence-electron chi connectivity index (χ2n) is 11.5. The predicted molar refractivity (Wildman–Crippen MR) is 169 cm³/mol. The van der Waals surface area contributed by atoms with Crippen molar-refractivity contribution in [2.75, 3.05) is 19.6 Å². The van der Waals surface area contributed by atoms with Crippen LogP contribution in [0.25, 0.3) is 10.2 Å². The van der Waals surface area contributed by atoms with Gasteiger partial charge in [0.2, 0.25) is 17.7 Å². The first kappa shape index (κ1) is 30.4. The highest BCUT2D eigenvalue weighted by Crippen LogP contribution is 2.32. The number of aromatic nitrogens is 1. The second-order valence-corrected chi connectivity index (χ2v) is 12.3. The molecule has 2 aliphatic rings. The number of fused-ring (bicyclic) bond motifs is 2. The number of aryl methyl sites for hydroxylation is 2. The molecule has 11 heteroatoms. The van der Waals surface area contributed by atoms with Crippen LogP contribution in [0.15, 0.2) is 78.8 Å². The lowest BCUT2D eigenvalue weighted by Gasteiger charge is -2.55. The molecule has 3 aromatic carbocycles. The van der Waals surface area contributed by atoms with Gasteiger partial charge in [0.15, 0.2) is 0 Å². The van der Waals surface area contributed by atoms with E-state index in [1.165, 1.54) is 17.4 Å². The van der Waals surface area contributed by atoms with Crippen LogP contribution in [0, 0.1) is 12.7 Å². The van der Waals surface area contributed by atoms with E-state index in [2.05, 4.69) is 11.6 Å². The first-order valence-corrected chi connectivity index (χ1v) is 15.7. The number of piperazine rings is 1. The van der Waals surface area contributed by atoms with Crippen molar-refractivity contribution >= 4 is 39.3 Å². The normalized spacial score (nSPS) is 18.8. The third-order valence-corrected chi connectivity index (χ3v) is 9.25. The monoisotopic (exact) mass is 627 g/mol. The van der Waals surface area contributed by atoms with E-state index in [1.807, 2.05) is 31.2 Å². The Morgan fingerprint density at radius 1 is 1.09 bits per heavy atom. The van der Waals surface area contributed by atoms with Gasteiger partial charge in [-0.25, -0.2) is 19.4 Å². The zero-order valence-electron chi connectivity index (χ0n) is 24.9. The molecule has 9 nitrogen and oxygen atoms in total. The zero-order chi connectivity index (χ0) is 31.7. The number of aromatic hydroxyl groups is 1. The van der Waals surface area contributed by atoms with Gasteiger partial charge in [-0.2, -0.15) is 0 Å². The van der Waals surface area contributed by atoms with Gasteiger partial charge in [0.25, 0.3) is 0 Å². The third kappa shape index (κ3) is 6.18. The van der Waals surface area contributed by atoms with Crippen molar-refractivity contribution in [3.05, 3.63) is 107 Å². The molecule has 0 saturated carbocycles. The maximum atomic E-state index is 14.5. The molecule has 1 aromatic heterocycles. The van der Waals surface area contributed by atoms with E-state index in [0.29, 0.717) is 22.2 Å². The maximum Gasteiger partial charge on any atom is 0.246 e. The van der Waals surface area contributed by atoms with Crippen molar-refractivity contribution in [1.29, 1.82) is 0 Å². The van der Waals surface area contributed by atoms with Gasteiger partial charge in [-0.05, 0) is 48.2 Å². The number of nitrogens with zero attached hydrogens (tertiary/aromatic N) is 5. The van der Waals surface area contributed by atoms with Crippen LogP contribution in [0.4, 0.5) is 4.39 Å². The number of rotatable bonds is 9. The highest BCUT2D eigenvalue weighted by molar-refractivity contribution is 7.16. The van der Waals surface area contributed by atoms with Crippen LogP contribution in [0.3, 0.4) is 0 Å². The summed E-state index contributed by atoms with van der Waals surface area (Å²) in [5, 5.41) is 13.2. The van der Waals surface area contributed by atoms with Crippen LogP contribution >= 0.6 is 11.3 Å². The molecule has 2 fully saturated rings. The summed E-state index contributed by atoms with van der Waals surface area (Å²) in [4.78, 5) is 49.6. The number of thiazole rings is 1. The van der Waals surface area contributed by atoms with E-state index in [4.69, 9.17) is 0 Å². The minimum atomic E-state index is -0.898. The average molecular weight is 628 g/mol. The maximum absolute atomic E-state index is 14.5. The number of hydrogen-bond donors (Lipinski definition) is 1. The van der Waals surface area contributed by atoms with Gasteiger partial charge in [0.1, 0.15) is 23.8 Å². The highest BCUT2D eigenvalue weighted by Gasteiger charge is 2.51. The Kier molecular flexibility index (Phi) is 8.64. The summed E-state index contributed by atoms with van der Waals surface area (Å²) in [6.07, 6.45) is 1.82. The molecule has 2 saturated heterocycles. The van der Waals surface area contributed by atoms with Crippen LogP contribution in [0.1, 0.15) is 28.7 Å². The Morgan fingerprint density at radius 3 is 2.56 bits per heavy atom. The van der Waals surface area contributed by atoms with Crippen molar-refractivity contribution in [3.63, 3.8) is 0 Å². The fourth-order valence-electron chi connectivity index (χ4n) is 6.19. The number of carbonyl (C=O) groups is 3. The number of amides is 3. The van der Waals surface area contributed by atoms with Gasteiger partial charge >= 0.3 is 0 Å². The molecule has 2 atom stereocenters. The van der Waals surface area contributed by atoms with Crippen molar-refractivity contribution in [2.24, 2.45) is 0 Å². The number of halogens is 1. The minimum absolute atomic E-state index is 0.0730. The first-order valence-electron chi connectivity index (χ1n) is 14.8. The molecule has 0 radical (unpaired) electrons. The van der Waals surface area contributed by atoms with Gasteiger partial charge < -0.3 is 14.9 Å². The van der Waals surface area contributed by atoms with E-state index < -0.39 is 12.2 Å². The number of hydrogen-bond acceptors (Lipinski definition) is 7. The zero-order valence-corrected chi connectivity index (χ0v) is 25.8. The molecule has 45 heavy (non-hydrogen) atoms. The van der Waals surface area contributed by atoms with Crippen molar-refractivity contribution in [2.45, 2.75) is 44.9 Å². The number of carbonyl (C=O) groups excluding carboxylic acids is 3. The molecule has 1 N–H and O–H groups in total. The molecule has 0 bridgehead atoms. The number of benzene rings is 3. The molecular formula is C34H34FN5O4S. The lowest BCUT2D eigenvalue weighted by atomic mass is 9.98. The van der Waals surface area contributed by atoms with Crippen molar-refractivity contribution in [1.82, 2.24) is 24.8 Å². The topological polar surface area (TPSA) is 97.3 Å². The molecular weight excluding hydrogens is 593 g/mol. The van der Waals surface area contributed by atoms with E-state index in [1.54, 1.807) is 61.7 Å². The number of phenolic OH excluding ortho intramolecular Hbond substituents is 1. The molecule has 4 aromatic rings. The van der Waals surface area contributed by atoms with E-state index in [0.717, 1.165) is 16.7 Å². The van der Waals surface area contributed by atoms with Crippen molar-refractivity contribution < 1.29 is 23.9 Å². The lowest BCUT2D eigenvalue weighted by molar-refractivity contribution is -0.205. The molecule has 6 rings (SSSR count). The van der Waals surface area contributed by atoms with Crippen LogP contribution in [-0.4, -0.2) is 79.5 Å². The minimum Gasteiger partial charge on any atom is -0.508 e. The predicted octanol–water partition coefficient (Wildman–Crippen LogP) is 4.44. The lowest BCUT2D eigenvalue weighted by Crippen LogP contribution is -2.75. The standard InChI is InChI=1S/C34H34FN5O4S/c1-3-16-38-20-31(43)39-28(17-24-8-12-26(41)13-9-24)34(44)37(18-25-11-14-27(35)33-32(25)36-21-45-33)19-29(39)40(38)30(42)15-10-23-6-4-22(2)5-7-23/h3-9,11-14,21,28-29,41H,1,10,15-20H2,2H3/t28-,29-/m0/s1. The summed E-state index contributed by atoms with van der Waals surface area (Å²) in [7, 11) is 0. The van der Waals surface area contributed by atoms with Crippen LogP contribution in [0.2, 0.25) is 0 Å². The molecule has 0 unspecified atom stereocenters.